The van der Waals surface area contributed by atoms with E-state index in [2.05, 4.69) is 24.9 Å². The molecule has 7 rings (SSSR count). The Hall–Kier alpha value is -2.75. The number of anilines is 2. The largest absolute Gasteiger partial charge is 0.382 e. The van der Waals surface area contributed by atoms with E-state index in [1.165, 1.54) is 31.4 Å². The van der Waals surface area contributed by atoms with Gasteiger partial charge in [-0.2, -0.15) is 0 Å². The van der Waals surface area contributed by atoms with Crippen LogP contribution in [0.15, 0.2) is 41.2 Å². The maximum absolute atomic E-state index is 6.48. The Morgan fingerprint density at radius 3 is 2.86 bits per heavy atom. The molecule has 0 radical (unpaired) electrons. The van der Waals surface area contributed by atoms with Gasteiger partial charge in [0.2, 0.25) is 0 Å². The van der Waals surface area contributed by atoms with Crippen LogP contribution in [0.5, 0.6) is 0 Å². The Morgan fingerprint density at radius 2 is 2.06 bits per heavy atom. The second kappa shape index (κ2) is 7.88. The van der Waals surface area contributed by atoms with Gasteiger partial charge in [-0.1, -0.05) is 11.6 Å². The zero-order chi connectivity index (χ0) is 23.7. The molecule has 4 aromatic heterocycles. The van der Waals surface area contributed by atoms with E-state index in [1.54, 1.807) is 11.1 Å². The van der Waals surface area contributed by atoms with E-state index in [0.29, 0.717) is 21.6 Å². The van der Waals surface area contributed by atoms with E-state index in [-0.39, 0.29) is 0 Å². The van der Waals surface area contributed by atoms with Gasteiger partial charge in [0.1, 0.15) is 22.6 Å². The van der Waals surface area contributed by atoms with Crippen molar-refractivity contribution in [3.8, 4) is 11.1 Å². The molecule has 8 nitrogen and oxygen atoms in total. The van der Waals surface area contributed by atoms with Crippen LogP contribution in [0.1, 0.15) is 25.7 Å². The first-order valence-electron chi connectivity index (χ1n) is 12.1. The molecule has 1 atom stereocenters. The van der Waals surface area contributed by atoms with Gasteiger partial charge in [0.15, 0.2) is 5.82 Å². The number of hydrogen-bond acceptors (Lipinski definition) is 8. The number of imidazole rings is 2. The van der Waals surface area contributed by atoms with Crippen LogP contribution >= 0.6 is 23.4 Å². The molecule has 4 aromatic rings. The van der Waals surface area contributed by atoms with Gasteiger partial charge < -0.3 is 21.3 Å². The zero-order valence-corrected chi connectivity index (χ0v) is 21.1. The predicted molar refractivity (Wildman–Crippen MR) is 143 cm³/mol. The van der Waals surface area contributed by atoms with Gasteiger partial charge in [-0.25, -0.2) is 15.0 Å². The molecule has 3 aliphatic rings. The molecule has 4 N–H and O–H groups in total. The monoisotopic (exact) mass is 506 g/mol. The van der Waals surface area contributed by atoms with Crippen LogP contribution in [0.3, 0.4) is 0 Å². The molecule has 1 aliphatic carbocycles. The summed E-state index contributed by atoms with van der Waals surface area (Å²) in [6.07, 6.45) is 8.40. The zero-order valence-electron chi connectivity index (χ0n) is 19.5. The summed E-state index contributed by atoms with van der Waals surface area (Å²) in [5, 5.41) is 7.98. The first-order valence-corrected chi connectivity index (χ1v) is 13.4. The Labute approximate surface area is 212 Å². The first kappa shape index (κ1) is 21.5. The van der Waals surface area contributed by atoms with Crippen molar-refractivity contribution in [2.24, 2.45) is 5.41 Å². The molecule has 6 heterocycles. The topological polar surface area (TPSA) is 96.4 Å². The maximum Gasteiger partial charge on any atom is 0.157 e. The van der Waals surface area contributed by atoms with Crippen molar-refractivity contribution in [3.63, 3.8) is 0 Å². The molecule has 35 heavy (non-hydrogen) atoms. The molecule has 0 amide bonds. The van der Waals surface area contributed by atoms with Crippen molar-refractivity contribution in [1.29, 1.82) is 0 Å². The number of pyridine rings is 2. The standard InChI is InChI=1S/C25H27ClN8S/c1-28-13-20-31-16-10-25(11-18(16)35-20)5-8-33(9-6-25)24-17-12-30-23-15(2-3-19(32-24)34(17)23)14-4-7-29-22(27)21(14)26/h2-4,7,12,20,28,31H,5-6,8-11,13H2,1H3,(H2,27,29). The normalized spacial score (nSPS) is 21.5. The van der Waals surface area contributed by atoms with Gasteiger partial charge >= 0.3 is 0 Å². The summed E-state index contributed by atoms with van der Waals surface area (Å²) in [5.41, 5.74) is 12.4. The Balaban J connectivity index is 1.14. The lowest BCUT2D eigenvalue weighted by molar-refractivity contribution is 0.229. The third kappa shape index (κ3) is 3.28. The molecule has 0 aromatic carbocycles. The van der Waals surface area contributed by atoms with E-state index in [4.69, 9.17) is 27.3 Å². The summed E-state index contributed by atoms with van der Waals surface area (Å²) >= 11 is 8.51. The van der Waals surface area contributed by atoms with Gasteiger partial charge in [0.25, 0.3) is 0 Å². The minimum absolute atomic E-state index is 0.325. The van der Waals surface area contributed by atoms with Crippen molar-refractivity contribution < 1.29 is 0 Å². The third-order valence-electron chi connectivity index (χ3n) is 7.84. The van der Waals surface area contributed by atoms with Crippen molar-refractivity contribution in [1.82, 2.24) is 30.0 Å². The SMILES string of the molecule is CNCC1NC2=C(CC3(CCN(c4nc5ccc(-c6ccnc(N)c6Cl)c6ncc4n56)CC3)C2)S1. The number of allylic oxidation sites excluding steroid dienone is 2. The molecule has 180 valence electrons. The summed E-state index contributed by atoms with van der Waals surface area (Å²) in [6.45, 7) is 3.04. The lowest BCUT2D eigenvalue weighted by Crippen LogP contribution is -2.40. The van der Waals surface area contributed by atoms with Gasteiger partial charge in [0.05, 0.1) is 16.6 Å². The summed E-state index contributed by atoms with van der Waals surface area (Å²) in [6, 6.07) is 5.94. The molecule has 1 fully saturated rings. The minimum atomic E-state index is 0.325. The number of nitrogen functional groups attached to an aromatic ring is 1. The van der Waals surface area contributed by atoms with E-state index in [0.717, 1.165) is 53.4 Å². The smallest absolute Gasteiger partial charge is 0.157 e. The number of hydrogen-bond donors (Lipinski definition) is 3. The van der Waals surface area contributed by atoms with Crippen molar-refractivity contribution in [2.45, 2.75) is 31.1 Å². The molecule has 0 bridgehead atoms. The molecule has 2 aliphatic heterocycles. The number of nitrogens with one attached hydrogen (secondary N) is 2. The molecule has 1 saturated heterocycles. The highest BCUT2D eigenvalue weighted by Gasteiger charge is 2.44. The lowest BCUT2D eigenvalue weighted by atomic mass is 9.76. The second-order valence-corrected chi connectivity index (χ2v) is 11.6. The predicted octanol–water partition coefficient (Wildman–Crippen LogP) is 4.09. The molecular formula is C25H27ClN8S. The summed E-state index contributed by atoms with van der Waals surface area (Å²) in [4.78, 5) is 17.9. The molecule has 0 saturated carbocycles. The number of nitrogens with zero attached hydrogens (tertiary/aromatic N) is 5. The first-order chi connectivity index (χ1) is 17.0. The molecule has 1 spiro atoms. The number of piperidine rings is 1. The number of thioether (sulfide) groups is 1. The van der Waals surface area contributed by atoms with E-state index in [9.17, 15) is 0 Å². The van der Waals surface area contributed by atoms with Gasteiger partial charge in [-0.3, -0.25) is 4.40 Å². The van der Waals surface area contributed by atoms with Crippen molar-refractivity contribution in [2.75, 3.05) is 37.3 Å². The number of halogens is 1. The van der Waals surface area contributed by atoms with E-state index < -0.39 is 0 Å². The number of nitrogens with two attached hydrogens (primary N) is 1. The van der Waals surface area contributed by atoms with Gasteiger partial charge in [-0.15, -0.1) is 11.8 Å². The van der Waals surface area contributed by atoms with Crippen LogP contribution in [0.4, 0.5) is 11.6 Å². The highest BCUT2D eigenvalue weighted by molar-refractivity contribution is 8.03. The highest BCUT2D eigenvalue weighted by atomic mass is 35.5. The Kier molecular flexibility index (Phi) is 4.84. The fourth-order valence-electron chi connectivity index (χ4n) is 6.05. The van der Waals surface area contributed by atoms with Crippen molar-refractivity contribution in [3.05, 3.63) is 46.2 Å². The fraction of sp³-hybridized carbons (Fsp3) is 0.400. The number of likely N-dealkylation sites (N-methyl/N-ethyl adjacent to an activating group) is 1. The molecule has 10 heteroatoms. The van der Waals surface area contributed by atoms with Crippen LogP contribution in [0.2, 0.25) is 5.02 Å². The number of rotatable bonds is 4. The second-order valence-electron chi connectivity index (χ2n) is 9.95. The van der Waals surface area contributed by atoms with E-state index in [1.807, 2.05) is 43.2 Å². The van der Waals surface area contributed by atoms with Crippen LogP contribution < -0.4 is 21.3 Å². The highest BCUT2D eigenvalue weighted by Crippen LogP contribution is 2.54. The summed E-state index contributed by atoms with van der Waals surface area (Å²) in [5.74, 6) is 1.35. The third-order valence-corrected chi connectivity index (χ3v) is 9.49. The van der Waals surface area contributed by atoms with Crippen LogP contribution in [0.25, 0.3) is 27.9 Å². The summed E-state index contributed by atoms with van der Waals surface area (Å²) in [7, 11) is 2.02. The van der Waals surface area contributed by atoms with E-state index >= 15 is 0 Å². The molecular weight excluding hydrogens is 480 g/mol. The van der Waals surface area contributed by atoms with Crippen LogP contribution in [-0.4, -0.2) is 51.4 Å². The average Bonchev–Trinajstić information content (AvgIpc) is 3.60. The van der Waals surface area contributed by atoms with Crippen LogP contribution in [0, 0.1) is 5.41 Å². The van der Waals surface area contributed by atoms with Crippen LogP contribution in [-0.2, 0) is 0 Å². The Bertz CT molecular complexity index is 1450. The lowest BCUT2D eigenvalue weighted by Gasteiger charge is -2.40. The van der Waals surface area contributed by atoms with Crippen molar-refractivity contribution >= 4 is 51.8 Å². The van der Waals surface area contributed by atoms with Gasteiger partial charge in [0, 0.05) is 47.6 Å². The minimum Gasteiger partial charge on any atom is -0.382 e. The fourth-order valence-corrected chi connectivity index (χ4v) is 7.72. The number of aromatic nitrogens is 4. The maximum atomic E-state index is 6.48. The van der Waals surface area contributed by atoms with Gasteiger partial charge in [-0.05, 0) is 56.3 Å². The average molecular weight is 507 g/mol. The molecule has 1 unspecified atom stereocenters. The summed E-state index contributed by atoms with van der Waals surface area (Å²) < 4.78 is 2.14. The Morgan fingerprint density at radius 1 is 1.20 bits per heavy atom. The quantitative estimate of drug-likeness (QED) is 0.381.